The molecule has 2 rings (SSSR count). The highest BCUT2D eigenvalue weighted by Crippen LogP contribution is 2.46. The molecule has 2 aliphatic rings. The smallest absolute Gasteiger partial charge is 0.307 e. The van der Waals surface area contributed by atoms with Crippen LogP contribution in [0.5, 0.6) is 0 Å². The summed E-state index contributed by atoms with van der Waals surface area (Å²) in [7, 11) is 0. The Morgan fingerprint density at radius 3 is 2.55 bits per heavy atom. The highest BCUT2D eigenvalue weighted by molar-refractivity contribution is 5.89. The number of carboxylic acids is 1. The van der Waals surface area contributed by atoms with Gasteiger partial charge in [-0.1, -0.05) is 0 Å². The maximum absolute atomic E-state index is 11.1. The molecule has 2 aliphatic carbocycles. The van der Waals surface area contributed by atoms with E-state index in [2.05, 4.69) is 0 Å². The van der Waals surface area contributed by atoms with E-state index in [-0.39, 0.29) is 17.6 Å². The van der Waals surface area contributed by atoms with E-state index < -0.39 is 5.97 Å². The van der Waals surface area contributed by atoms with Crippen molar-refractivity contribution in [3.63, 3.8) is 0 Å². The van der Waals surface area contributed by atoms with E-state index in [0.29, 0.717) is 12.3 Å². The Labute approximate surface area is 64.4 Å². The van der Waals surface area contributed by atoms with Gasteiger partial charge < -0.3 is 5.11 Å². The highest BCUT2D eigenvalue weighted by atomic mass is 16.4. The molecule has 3 heteroatoms. The van der Waals surface area contributed by atoms with Crippen LogP contribution in [0.15, 0.2) is 0 Å². The van der Waals surface area contributed by atoms with Crippen LogP contribution in [0, 0.1) is 17.8 Å². The van der Waals surface area contributed by atoms with Crippen LogP contribution in [0.25, 0.3) is 0 Å². The number of carbonyl (C=O) groups is 2. The van der Waals surface area contributed by atoms with E-state index in [4.69, 9.17) is 5.11 Å². The van der Waals surface area contributed by atoms with Gasteiger partial charge in [0.1, 0.15) is 5.78 Å². The quantitative estimate of drug-likeness (QED) is 0.604. The van der Waals surface area contributed by atoms with Crippen molar-refractivity contribution in [1.29, 1.82) is 0 Å². The lowest BCUT2D eigenvalue weighted by molar-refractivity contribution is -0.146. The molecule has 3 atom stereocenters. The zero-order valence-electron chi connectivity index (χ0n) is 6.12. The molecule has 0 radical (unpaired) electrons. The molecule has 2 saturated carbocycles. The van der Waals surface area contributed by atoms with Gasteiger partial charge in [0.25, 0.3) is 0 Å². The maximum atomic E-state index is 11.1. The molecule has 2 fully saturated rings. The molecule has 0 saturated heterocycles. The Bertz CT molecular complexity index is 221. The third-order valence-corrected chi connectivity index (χ3v) is 2.88. The van der Waals surface area contributed by atoms with Crippen molar-refractivity contribution in [3.05, 3.63) is 0 Å². The molecule has 0 aromatic carbocycles. The number of fused-ring (bicyclic) bond motifs is 2. The number of rotatable bonds is 1. The lowest BCUT2D eigenvalue weighted by atomic mass is 9.88. The van der Waals surface area contributed by atoms with Crippen molar-refractivity contribution in [3.8, 4) is 0 Å². The summed E-state index contributed by atoms with van der Waals surface area (Å²) in [5.41, 5.74) is 0. The van der Waals surface area contributed by atoms with Gasteiger partial charge in [0, 0.05) is 12.3 Å². The third kappa shape index (κ3) is 0.870. The first-order chi connectivity index (χ1) is 5.18. The topological polar surface area (TPSA) is 54.4 Å². The average molecular weight is 154 g/mol. The van der Waals surface area contributed by atoms with Crippen molar-refractivity contribution in [2.24, 2.45) is 17.8 Å². The predicted octanol–water partition coefficient (Wildman–Crippen LogP) is 0.686. The van der Waals surface area contributed by atoms with Crippen LogP contribution in [0.3, 0.4) is 0 Å². The molecule has 0 unspecified atom stereocenters. The zero-order chi connectivity index (χ0) is 8.01. The summed E-state index contributed by atoms with van der Waals surface area (Å²) >= 11 is 0. The largest absolute Gasteiger partial charge is 0.481 e. The minimum Gasteiger partial charge on any atom is -0.481 e. The zero-order valence-corrected chi connectivity index (χ0v) is 6.12. The minimum absolute atomic E-state index is 0.141. The molecule has 0 aliphatic heterocycles. The minimum atomic E-state index is -0.787. The Morgan fingerprint density at radius 2 is 2.18 bits per heavy atom. The first-order valence-electron chi connectivity index (χ1n) is 3.94. The normalized spacial score (nSPS) is 41.5. The van der Waals surface area contributed by atoms with Gasteiger partial charge >= 0.3 is 5.97 Å². The molecule has 0 aromatic rings. The van der Waals surface area contributed by atoms with E-state index in [1.54, 1.807) is 0 Å². The van der Waals surface area contributed by atoms with Gasteiger partial charge in [-0.3, -0.25) is 9.59 Å². The van der Waals surface area contributed by atoms with Gasteiger partial charge in [-0.15, -0.1) is 0 Å². The Morgan fingerprint density at radius 1 is 1.45 bits per heavy atom. The Hall–Kier alpha value is -0.860. The van der Waals surface area contributed by atoms with Crippen LogP contribution >= 0.6 is 0 Å². The van der Waals surface area contributed by atoms with Crippen molar-refractivity contribution < 1.29 is 14.7 Å². The summed E-state index contributed by atoms with van der Waals surface area (Å²) in [6.07, 6.45) is 2.19. The fourth-order valence-corrected chi connectivity index (χ4v) is 2.37. The maximum Gasteiger partial charge on any atom is 0.307 e. The second-order valence-electron chi connectivity index (χ2n) is 3.56. The summed E-state index contributed by atoms with van der Waals surface area (Å²) in [5, 5.41) is 8.70. The number of Topliss-reactive ketones (excluding diaryl/α,β-unsaturated/α-hetero) is 1. The van der Waals surface area contributed by atoms with Crippen LogP contribution in [0.1, 0.15) is 19.3 Å². The second kappa shape index (κ2) is 2.06. The van der Waals surface area contributed by atoms with E-state index in [0.717, 1.165) is 12.8 Å². The molecule has 0 spiro atoms. The van der Waals surface area contributed by atoms with Crippen molar-refractivity contribution in [2.75, 3.05) is 0 Å². The fraction of sp³-hybridized carbons (Fsp3) is 0.750. The molecule has 11 heavy (non-hydrogen) atoms. The Balaban J connectivity index is 2.18. The number of ketones is 1. The van der Waals surface area contributed by atoms with Crippen LogP contribution in [-0.4, -0.2) is 16.9 Å². The third-order valence-electron chi connectivity index (χ3n) is 2.88. The molecule has 0 heterocycles. The summed E-state index contributed by atoms with van der Waals surface area (Å²) in [4.78, 5) is 21.7. The summed E-state index contributed by atoms with van der Waals surface area (Å²) < 4.78 is 0. The number of aliphatic carboxylic acids is 1. The van der Waals surface area contributed by atoms with Crippen LogP contribution in [0.2, 0.25) is 0 Å². The Kier molecular flexibility index (Phi) is 1.28. The molecule has 0 amide bonds. The van der Waals surface area contributed by atoms with E-state index in [1.807, 2.05) is 0 Å². The van der Waals surface area contributed by atoms with E-state index in [1.165, 1.54) is 0 Å². The first kappa shape index (κ1) is 6.83. The number of hydrogen-bond donors (Lipinski definition) is 1. The van der Waals surface area contributed by atoms with E-state index >= 15 is 0 Å². The monoisotopic (exact) mass is 154 g/mol. The summed E-state index contributed by atoms with van der Waals surface area (Å²) in [5.74, 6) is -0.730. The summed E-state index contributed by atoms with van der Waals surface area (Å²) in [6, 6.07) is 0. The first-order valence-corrected chi connectivity index (χ1v) is 3.94. The molecule has 60 valence electrons. The molecule has 2 bridgehead atoms. The fourth-order valence-electron chi connectivity index (χ4n) is 2.37. The van der Waals surface area contributed by atoms with Gasteiger partial charge in [-0.25, -0.2) is 0 Å². The van der Waals surface area contributed by atoms with Gasteiger partial charge in [-0.2, -0.15) is 0 Å². The molecule has 3 nitrogen and oxygen atoms in total. The molecule has 1 N–H and O–H groups in total. The number of carboxylic acid groups (broad SMARTS) is 1. The van der Waals surface area contributed by atoms with E-state index in [9.17, 15) is 9.59 Å². The standard InChI is InChI=1S/C8H10O3/c9-7-3-4-1-5(7)6(2-4)8(10)11/h4-6H,1-3H2,(H,10,11)/t4-,5-,6+/m1/s1. The molecular formula is C8H10O3. The molecule has 0 aromatic heterocycles. The molecular weight excluding hydrogens is 144 g/mol. The highest BCUT2D eigenvalue weighted by Gasteiger charge is 2.48. The lowest BCUT2D eigenvalue weighted by Crippen LogP contribution is -2.26. The van der Waals surface area contributed by atoms with Crippen molar-refractivity contribution in [1.82, 2.24) is 0 Å². The lowest BCUT2D eigenvalue weighted by Gasteiger charge is -2.15. The van der Waals surface area contributed by atoms with Gasteiger partial charge in [0.05, 0.1) is 5.92 Å². The number of carbonyl (C=O) groups excluding carboxylic acids is 1. The second-order valence-corrected chi connectivity index (χ2v) is 3.56. The SMILES string of the molecule is O=C(O)[C@H]1C[C@@H]2CC(=O)[C@@H]1C2. The van der Waals surface area contributed by atoms with Crippen LogP contribution < -0.4 is 0 Å². The van der Waals surface area contributed by atoms with Gasteiger partial charge in [-0.05, 0) is 18.8 Å². The van der Waals surface area contributed by atoms with Crippen molar-refractivity contribution in [2.45, 2.75) is 19.3 Å². The van der Waals surface area contributed by atoms with Crippen molar-refractivity contribution >= 4 is 11.8 Å². The van der Waals surface area contributed by atoms with Crippen LogP contribution in [-0.2, 0) is 9.59 Å². The van der Waals surface area contributed by atoms with Gasteiger partial charge in [0.2, 0.25) is 0 Å². The number of hydrogen-bond acceptors (Lipinski definition) is 2. The van der Waals surface area contributed by atoms with Gasteiger partial charge in [0.15, 0.2) is 0 Å². The average Bonchev–Trinajstić information content (AvgIpc) is 2.43. The predicted molar refractivity (Wildman–Crippen MR) is 37.0 cm³/mol. The van der Waals surface area contributed by atoms with Crippen LogP contribution in [0.4, 0.5) is 0 Å². The summed E-state index contributed by atoms with van der Waals surface area (Å²) in [6.45, 7) is 0.